The number of carbonyl (C=O) groups excluding carboxylic acids is 2. The molecule has 2 aromatic heterocycles. The first-order valence-electron chi connectivity index (χ1n) is 10.6. The number of para-hydroxylation sites is 1. The van der Waals surface area contributed by atoms with Crippen molar-refractivity contribution < 1.29 is 27.5 Å². The van der Waals surface area contributed by atoms with Gasteiger partial charge in [0.1, 0.15) is 11.6 Å². The lowest BCUT2D eigenvalue weighted by Crippen LogP contribution is -2.28. The van der Waals surface area contributed by atoms with Crippen LogP contribution in [0, 0.1) is 0 Å². The van der Waals surface area contributed by atoms with E-state index in [9.17, 15) is 22.8 Å². The fraction of sp³-hybridized carbons (Fsp3) is 0.364. The van der Waals surface area contributed by atoms with Crippen LogP contribution in [-0.4, -0.2) is 38.0 Å². The van der Waals surface area contributed by atoms with E-state index in [4.69, 9.17) is 4.74 Å². The van der Waals surface area contributed by atoms with Gasteiger partial charge in [0, 0.05) is 5.92 Å². The van der Waals surface area contributed by atoms with Gasteiger partial charge in [-0.05, 0) is 54.8 Å². The molecule has 1 fully saturated rings. The molecule has 1 unspecified atom stereocenters. The number of halogens is 4. The average Bonchev–Trinajstić information content (AvgIpc) is 3.44. The van der Waals surface area contributed by atoms with Gasteiger partial charge in [-0.2, -0.15) is 23.4 Å². The predicted octanol–water partition coefficient (Wildman–Crippen LogP) is 5.10. The zero-order valence-electron chi connectivity index (χ0n) is 18.3. The maximum atomic E-state index is 13.5. The van der Waals surface area contributed by atoms with Gasteiger partial charge in [0.25, 0.3) is 0 Å². The summed E-state index contributed by atoms with van der Waals surface area (Å²) < 4.78 is 47.8. The Balaban J connectivity index is 1.71. The fourth-order valence-electron chi connectivity index (χ4n) is 3.55. The molecule has 3 aromatic rings. The van der Waals surface area contributed by atoms with Crippen LogP contribution in [0.5, 0.6) is 0 Å². The first-order valence-corrected chi connectivity index (χ1v) is 11.4. The first-order chi connectivity index (χ1) is 16.1. The van der Waals surface area contributed by atoms with Crippen molar-refractivity contribution in [1.82, 2.24) is 19.6 Å². The molecule has 1 amide bonds. The number of nitrogens with one attached hydrogen (secondary N) is 1. The van der Waals surface area contributed by atoms with Crippen LogP contribution in [-0.2, 0) is 15.7 Å². The summed E-state index contributed by atoms with van der Waals surface area (Å²) in [4.78, 5) is 25.7. The molecule has 1 N–H and O–H groups in total. The lowest BCUT2D eigenvalue weighted by molar-refractivity contribution is -0.142. The van der Waals surface area contributed by atoms with Crippen molar-refractivity contribution >= 4 is 33.6 Å². The number of amides is 1. The van der Waals surface area contributed by atoms with Crippen LogP contribution >= 0.6 is 15.9 Å². The molecule has 8 nitrogen and oxygen atoms in total. The molecule has 1 atom stereocenters. The third-order valence-corrected chi connectivity index (χ3v) is 6.15. The zero-order chi connectivity index (χ0) is 24.6. The van der Waals surface area contributed by atoms with Gasteiger partial charge in [-0.25, -0.2) is 9.48 Å². The van der Waals surface area contributed by atoms with Gasteiger partial charge >= 0.3 is 12.1 Å². The van der Waals surface area contributed by atoms with E-state index in [1.165, 1.54) is 17.8 Å². The van der Waals surface area contributed by atoms with Crippen molar-refractivity contribution in [2.45, 2.75) is 44.8 Å². The smallest absolute Gasteiger partial charge is 0.436 e. The van der Waals surface area contributed by atoms with Crippen LogP contribution in [0.2, 0.25) is 0 Å². The fourth-order valence-corrected chi connectivity index (χ4v) is 4.36. The van der Waals surface area contributed by atoms with E-state index in [2.05, 4.69) is 31.4 Å². The van der Waals surface area contributed by atoms with Crippen molar-refractivity contribution in [3.05, 3.63) is 58.0 Å². The highest BCUT2D eigenvalue weighted by molar-refractivity contribution is 9.10. The Hall–Kier alpha value is -3.15. The summed E-state index contributed by atoms with van der Waals surface area (Å²) in [5.74, 6) is -1.41. The lowest BCUT2D eigenvalue weighted by atomic mass is 10.2. The molecule has 0 spiro atoms. The van der Waals surface area contributed by atoms with Gasteiger partial charge in [-0.1, -0.05) is 18.2 Å². The first kappa shape index (κ1) is 24.0. The number of aromatic nitrogens is 4. The number of anilines is 1. The number of hydrogen-bond acceptors (Lipinski definition) is 5. The molecule has 180 valence electrons. The highest BCUT2D eigenvalue weighted by atomic mass is 79.9. The standard InChI is InChI=1S/C22H21BrF3N5O3/c1-3-34-21(33)15-11-27-31(14-7-5-4-6-8-14)19(15)28-20(32)12(2)30-17(13-9-10-13)16(23)18(29-30)22(24,25)26/h4-8,11-13H,3,9-10H2,1-2H3,(H,28,32). The van der Waals surface area contributed by atoms with Crippen LogP contribution in [0.15, 0.2) is 41.0 Å². The Morgan fingerprint density at radius 3 is 2.53 bits per heavy atom. The van der Waals surface area contributed by atoms with E-state index in [0.29, 0.717) is 24.2 Å². The molecule has 0 aliphatic heterocycles. The van der Waals surface area contributed by atoms with Crippen molar-refractivity contribution in [2.75, 3.05) is 11.9 Å². The number of nitrogens with zero attached hydrogens (tertiary/aromatic N) is 4. The Bertz CT molecular complexity index is 1220. The summed E-state index contributed by atoms with van der Waals surface area (Å²) >= 11 is 3.04. The van der Waals surface area contributed by atoms with Crippen LogP contribution in [0.4, 0.5) is 19.0 Å². The van der Waals surface area contributed by atoms with Gasteiger partial charge in [-0.15, -0.1) is 0 Å². The molecule has 1 aliphatic carbocycles. The molecule has 1 aromatic carbocycles. The maximum absolute atomic E-state index is 13.5. The SMILES string of the molecule is CCOC(=O)c1cnn(-c2ccccc2)c1NC(=O)C(C)n1nc(C(F)(F)F)c(Br)c1C1CC1. The number of carbonyl (C=O) groups is 2. The van der Waals surface area contributed by atoms with Crippen LogP contribution in [0.1, 0.15) is 60.4 Å². The number of alkyl halides is 3. The predicted molar refractivity (Wildman–Crippen MR) is 120 cm³/mol. The Morgan fingerprint density at radius 1 is 1.26 bits per heavy atom. The summed E-state index contributed by atoms with van der Waals surface area (Å²) in [7, 11) is 0. The quantitative estimate of drug-likeness (QED) is 0.421. The highest BCUT2D eigenvalue weighted by Gasteiger charge is 2.43. The van der Waals surface area contributed by atoms with E-state index < -0.39 is 29.8 Å². The molecule has 12 heteroatoms. The Labute approximate surface area is 201 Å². The van der Waals surface area contributed by atoms with Crippen LogP contribution < -0.4 is 5.32 Å². The topological polar surface area (TPSA) is 91.0 Å². The summed E-state index contributed by atoms with van der Waals surface area (Å²) in [6, 6.07) is 7.68. The minimum absolute atomic E-state index is 0.0197. The Morgan fingerprint density at radius 2 is 1.94 bits per heavy atom. The molecule has 0 radical (unpaired) electrons. The minimum Gasteiger partial charge on any atom is -0.462 e. The number of benzene rings is 1. The second kappa shape index (κ2) is 9.24. The van der Waals surface area contributed by atoms with Gasteiger partial charge < -0.3 is 10.1 Å². The summed E-state index contributed by atoms with van der Waals surface area (Å²) in [5, 5.41) is 10.6. The van der Waals surface area contributed by atoms with Crippen molar-refractivity contribution in [3.8, 4) is 5.69 Å². The molecule has 1 aliphatic rings. The van der Waals surface area contributed by atoms with Gasteiger partial charge in [0.15, 0.2) is 11.5 Å². The number of esters is 1. The Kier molecular flexibility index (Phi) is 6.52. The lowest BCUT2D eigenvalue weighted by Gasteiger charge is -2.17. The van der Waals surface area contributed by atoms with Crippen LogP contribution in [0.3, 0.4) is 0 Å². The van der Waals surface area contributed by atoms with E-state index >= 15 is 0 Å². The van der Waals surface area contributed by atoms with Gasteiger partial charge in [-0.3, -0.25) is 9.48 Å². The second-order valence-electron chi connectivity index (χ2n) is 7.80. The summed E-state index contributed by atoms with van der Waals surface area (Å²) in [6.45, 7) is 3.21. The molecular weight excluding hydrogens is 519 g/mol. The zero-order valence-corrected chi connectivity index (χ0v) is 19.9. The van der Waals surface area contributed by atoms with E-state index in [1.807, 2.05) is 0 Å². The maximum Gasteiger partial charge on any atom is 0.436 e. The molecule has 2 heterocycles. The second-order valence-corrected chi connectivity index (χ2v) is 8.60. The molecular formula is C22H21BrF3N5O3. The van der Waals surface area contributed by atoms with Crippen LogP contribution in [0.25, 0.3) is 5.69 Å². The molecule has 0 bridgehead atoms. The van der Waals surface area contributed by atoms with Crippen molar-refractivity contribution in [2.24, 2.45) is 0 Å². The molecule has 4 rings (SSSR count). The van der Waals surface area contributed by atoms with Gasteiger partial charge in [0.05, 0.1) is 28.7 Å². The average molecular weight is 540 g/mol. The monoisotopic (exact) mass is 539 g/mol. The third-order valence-electron chi connectivity index (χ3n) is 5.37. The van der Waals surface area contributed by atoms with E-state index in [1.54, 1.807) is 37.3 Å². The molecule has 0 saturated heterocycles. The van der Waals surface area contributed by atoms with Crippen molar-refractivity contribution in [1.29, 1.82) is 0 Å². The largest absolute Gasteiger partial charge is 0.462 e. The minimum atomic E-state index is -4.67. The molecule has 1 saturated carbocycles. The molecule has 34 heavy (non-hydrogen) atoms. The van der Waals surface area contributed by atoms with Gasteiger partial charge in [0.2, 0.25) is 5.91 Å². The number of hydrogen-bond donors (Lipinski definition) is 1. The highest BCUT2D eigenvalue weighted by Crippen LogP contribution is 2.47. The number of rotatable bonds is 7. The van der Waals surface area contributed by atoms with E-state index in [-0.39, 0.29) is 28.4 Å². The van der Waals surface area contributed by atoms with Crippen molar-refractivity contribution in [3.63, 3.8) is 0 Å². The van der Waals surface area contributed by atoms with E-state index in [0.717, 1.165) is 4.68 Å². The summed E-state index contributed by atoms with van der Waals surface area (Å²) in [5.41, 5.74) is -0.153. The third kappa shape index (κ3) is 4.59. The summed E-state index contributed by atoms with van der Waals surface area (Å²) in [6.07, 6.45) is -1.98. The number of ether oxygens (including phenoxy) is 1. The normalized spacial score (nSPS) is 14.6.